The number of ether oxygens (including phenoxy) is 2. The van der Waals surface area contributed by atoms with Gasteiger partial charge in [-0.05, 0) is 55.5 Å². The van der Waals surface area contributed by atoms with E-state index in [1.54, 1.807) is 0 Å². The third kappa shape index (κ3) is 4.44. The minimum atomic E-state index is -0.0926. The lowest BCUT2D eigenvalue weighted by Gasteiger charge is -2.38. The molecule has 1 aliphatic rings. The molecule has 0 saturated carbocycles. The topological polar surface area (TPSA) is 47.6 Å². The molecule has 26 heavy (non-hydrogen) atoms. The molecule has 0 radical (unpaired) electrons. The summed E-state index contributed by atoms with van der Waals surface area (Å²) < 4.78 is 11.2. The Balaban J connectivity index is 1.58. The molecular weight excluding hydrogens is 326 g/mol. The highest BCUT2D eigenvalue weighted by Crippen LogP contribution is 2.34. The average molecular weight is 353 g/mol. The summed E-state index contributed by atoms with van der Waals surface area (Å²) >= 11 is 0. The second-order valence-electron chi connectivity index (χ2n) is 7.07. The van der Waals surface area contributed by atoms with Gasteiger partial charge in [0.15, 0.2) is 6.61 Å². The molecule has 1 N–H and O–H groups in total. The number of aryl methyl sites for hydroxylation is 2. The van der Waals surface area contributed by atoms with Crippen LogP contribution in [0.25, 0.3) is 0 Å². The molecule has 0 bridgehead atoms. The summed E-state index contributed by atoms with van der Waals surface area (Å²) in [4.78, 5) is 12.3. The molecule has 0 aliphatic carbocycles. The zero-order valence-corrected chi connectivity index (χ0v) is 15.6. The summed E-state index contributed by atoms with van der Waals surface area (Å²) in [5.74, 6) is 0.636. The molecule has 1 fully saturated rings. The first kappa shape index (κ1) is 18.5. The summed E-state index contributed by atoms with van der Waals surface area (Å²) in [5.41, 5.74) is 3.58. The van der Waals surface area contributed by atoms with Crippen molar-refractivity contribution in [2.24, 2.45) is 0 Å². The highest BCUT2D eigenvalue weighted by atomic mass is 16.5. The Bertz CT molecular complexity index is 736. The molecule has 3 rings (SSSR count). The Kier molecular flexibility index (Phi) is 5.94. The number of carbonyl (C=O) groups excluding carboxylic acids is 1. The summed E-state index contributed by atoms with van der Waals surface area (Å²) in [6.45, 7) is 6.19. The molecular formula is C22H27NO3. The maximum Gasteiger partial charge on any atom is 0.257 e. The molecule has 1 heterocycles. The van der Waals surface area contributed by atoms with Crippen molar-refractivity contribution >= 4 is 5.91 Å². The van der Waals surface area contributed by atoms with Crippen LogP contribution in [0.15, 0.2) is 48.5 Å². The highest BCUT2D eigenvalue weighted by Gasteiger charge is 2.34. The summed E-state index contributed by atoms with van der Waals surface area (Å²) in [6.07, 6.45) is 1.82. The molecule has 1 aliphatic heterocycles. The number of benzene rings is 2. The van der Waals surface area contributed by atoms with Gasteiger partial charge in [0.25, 0.3) is 5.91 Å². The van der Waals surface area contributed by atoms with E-state index in [9.17, 15) is 4.79 Å². The van der Waals surface area contributed by atoms with Crippen molar-refractivity contribution in [3.8, 4) is 5.75 Å². The van der Waals surface area contributed by atoms with E-state index in [4.69, 9.17) is 9.47 Å². The number of rotatable bonds is 6. The first-order valence-corrected chi connectivity index (χ1v) is 9.19. The second-order valence-corrected chi connectivity index (χ2v) is 7.07. The first-order valence-electron chi connectivity index (χ1n) is 9.19. The fourth-order valence-corrected chi connectivity index (χ4v) is 3.39. The highest BCUT2D eigenvalue weighted by molar-refractivity contribution is 5.77. The Labute approximate surface area is 155 Å². The van der Waals surface area contributed by atoms with Crippen LogP contribution in [0.5, 0.6) is 5.75 Å². The SMILES string of the molecule is Cc1ccc(OCC(=O)NCC2(c3ccccc3)CCOCC2)cc1C. The van der Waals surface area contributed by atoms with E-state index >= 15 is 0 Å². The molecule has 1 amide bonds. The summed E-state index contributed by atoms with van der Waals surface area (Å²) in [6, 6.07) is 16.3. The first-order chi connectivity index (χ1) is 12.6. The van der Waals surface area contributed by atoms with Crippen molar-refractivity contribution in [1.82, 2.24) is 5.32 Å². The van der Waals surface area contributed by atoms with Crippen molar-refractivity contribution in [1.29, 1.82) is 0 Å². The largest absolute Gasteiger partial charge is 0.484 e. The lowest BCUT2D eigenvalue weighted by atomic mass is 9.74. The number of amides is 1. The second kappa shape index (κ2) is 8.37. The van der Waals surface area contributed by atoms with E-state index in [1.165, 1.54) is 11.1 Å². The molecule has 0 spiro atoms. The van der Waals surface area contributed by atoms with Gasteiger partial charge in [-0.1, -0.05) is 36.4 Å². The van der Waals surface area contributed by atoms with Gasteiger partial charge in [0.05, 0.1) is 0 Å². The van der Waals surface area contributed by atoms with Crippen molar-refractivity contribution in [2.45, 2.75) is 32.1 Å². The van der Waals surface area contributed by atoms with Crippen LogP contribution < -0.4 is 10.1 Å². The van der Waals surface area contributed by atoms with E-state index in [-0.39, 0.29) is 17.9 Å². The summed E-state index contributed by atoms with van der Waals surface area (Å²) in [5, 5.41) is 3.07. The number of hydrogen-bond donors (Lipinski definition) is 1. The third-order valence-electron chi connectivity index (χ3n) is 5.31. The van der Waals surface area contributed by atoms with Crippen molar-refractivity contribution in [3.63, 3.8) is 0 Å². The standard InChI is InChI=1S/C22H27NO3/c1-17-8-9-20(14-18(17)2)26-15-21(24)23-16-22(10-12-25-13-11-22)19-6-4-3-5-7-19/h3-9,14H,10-13,15-16H2,1-2H3,(H,23,24). The van der Waals surface area contributed by atoms with Gasteiger partial charge < -0.3 is 14.8 Å². The van der Waals surface area contributed by atoms with E-state index in [1.807, 2.05) is 31.2 Å². The van der Waals surface area contributed by atoms with Crippen LogP contribution in [0.2, 0.25) is 0 Å². The van der Waals surface area contributed by atoms with Crippen LogP contribution >= 0.6 is 0 Å². The van der Waals surface area contributed by atoms with Crippen LogP contribution in [0, 0.1) is 13.8 Å². The maximum atomic E-state index is 12.3. The fraction of sp³-hybridized carbons (Fsp3) is 0.409. The monoisotopic (exact) mass is 353 g/mol. The van der Waals surface area contributed by atoms with E-state index in [0.29, 0.717) is 6.54 Å². The Hall–Kier alpha value is -2.33. The van der Waals surface area contributed by atoms with Gasteiger partial charge in [0, 0.05) is 25.2 Å². The van der Waals surface area contributed by atoms with Gasteiger partial charge in [0.1, 0.15) is 5.75 Å². The van der Waals surface area contributed by atoms with Gasteiger partial charge in [-0.2, -0.15) is 0 Å². The minimum Gasteiger partial charge on any atom is -0.484 e. The van der Waals surface area contributed by atoms with Gasteiger partial charge >= 0.3 is 0 Å². The lowest BCUT2D eigenvalue weighted by Crippen LogP contribution is -2.45. The van der Waals surface area contributed by atoms with Crippen LogP contribution in [-0.2, 0) is 14.9 Å². The number of hydrogen-bond acceptors (Lipinski definition) is 3. The normalized spacial score (nSPS) is 16.1. The van der Waals surface area contributed by atoms with Crippen molar-refractivity contribution in [2.75, 3.05) is 26.4 Å². The number of carbonyl (C=O) groups is 1. The van der Waals surface area contributed by atoms with E-state index in [0.717, 1.165) is 37.4 Å². The summed E-state index contributed by atoms with van der Waals surface area (Å²) in [7, 11) is 0. The van der Waals surface area contributed by atoms with Crippen LogP contribution in [-0.4, -0.2) is 32.3 Å². The molecule has 0 aromatic heterocycles. The van der Waals surface area contributed by atoms with Gasteiger partial charge in [-0.3, -0.25) is 4.79 Å². The molecule has 4 nitrogen and oxygen atoms in total. The fourth-order valence-electron chi connectivity index (χ4n) is 3.39. The van der Waals surface area contributed by atoms with Crippen molar-refractivity contribution in [3.05, 3.63) is 65.2 Å². The van der Waals surface area contributed by atoms with Crippen molar-refractivity contribution < 1.29 is 14.3 Å². The number of nitrogens with one attached hydrogen (secondary N) is 1. The van der Waals surface area contributed by atoms with E-state index < -0.39 is 0 Å². The quantitative estimate of drug-likeness (QED) is 0.864. The lowest BCUT2D eigenvalue weighted by molar-refractivity contribution is -0.123. The predicted molar refractivity (Wildman–Crippen MR) is 103 cm³/mol. The molecule has 1 saturated heterocycles. The van der Waals surface area contributed by atoms with Crippen LogP contribution in [0.4, 0.5) is 0 Å². The van der Waals surface area contributed by atoms with Crippen LogP contribution in [0.3, 0.4) is 0 Å². The molecule has 2 aromatic carbocycles. The van der Waals surface area contributed by atoms with Gasteiger partial charge in [-0.15, -0.1) is 0 Å². The Morgan fingerprint density at radius 2 is 1.81 bits per heavy atom. The molecule has 138 valence electrons. The minimum absolute atomic E-state index is 0.0316. The van der Waals surface area contributed by atoms with Gasteiger partial charge in [0.2, 0.25) is 0 Å². The maximum absolute atomic E-state index is 12.3. The third-order valence-corrected chi connectivity index (χ3v) is 5.31. The smallest absolute Gasteiger partial charge is 0.257 e. The Morgan fingerprint density at radius 1 is 1.08 bits per heavy atom. The zero-order chi connectivity index (χ0) is 18.4. The van der Waals surface area contributed by atoms with E-state index in [2.05, 4.69) is 36.5 Å². The zero-order valence-electron chi connectivity index (χ0n) is 15.6. The molecule has 4 heteroatoms. The molecule has 2 aromatic rings. The molecule has 0 atom stereocenters. The Morgan fingerprint density at radius 3 is 2.50 bits per heavy atom. The van der Waals surface area contributed by atoms with Crippen LogP contribution in [0.1, 0.15) is 29.5 Å². The average Bonchev–Trinajstić information content (AvgIpc) is 2.69. The van der Waals surface area contributed by atoms with Gasteiger partial charge in [-0.25, -0.2) is 0 Å². The predicted octanol–water partition coefficient (Wildman–Crippen LogP) is 3.55. The molecule has 0 unspecified atom stereocenters.